The number of fused-ring (bicyclic) bond motifs is 9. The molecule has 0 saturated heterocycles. The lowest BCUT2D eigenvalue weighted by atomic mass is 9.89. The number of furan rings is 1. The Bertz CT molecular complexity index is 3520. The molecule has 3 heterocycles. The van der Waals surface area contributed by atoms with Gasteiger partial charge in [-0.05, 0) is 89.5 Å². The van der Waals surface area contributed by atoms with Gasteiger partial charge in [0.2, 0.25) is 0 Å². The molecule has 0 aliphatic rings. The largest absolute Gasteiger partial charge is 0.456 e. The normalized spacial score (nSPS) is 11.8. The highest BCUT2D eigenvalue weighted by Crippen LogP contribution is 2.50. The maximum Gasteiger partial charge on any atom is 0.137 e. The van der Waals surface area contributed by atoms with Crippen LogP contribution in [0.2, 0.25) is 0 Å². The Balaban J connectivity index is 1.19. The van der Waals surface area contributed by atoms with Crippen molar-refractivity contribution in [2.24, 2.45) is 0 Å². The Kier molecular flexibility index (Phi) is 7.40. The zero-order chi connectivity index (χ0) is 38.2. The second-order valence-electron chi connectivity index (χ2n) is 14.8. The van der Waals surface area contributed by atoms with Gasteiger partial charge in [-0.1, -0.05) is 127 Å². The average molecular weight is 759 g/mol. The van der Waals surface area contributed by atoms with Gasteiger partial charge >= 0.3 is 0 Å². The maximum absolute atomic E-state index is 6.57. The predicted octanol–water partition coefficient (Wildman–Crippen LogP) is 15.9. The van der Waals surface area contributed by atoms with Crippen molar-refractivity contribution in [2.75, 3.05) is 4.90 Å². The van der Waals surface area contributed by atoms with Gasteiger partial charge in [0.1, 0.15) is 11.2 Å². The SMILES string of the molecule is c1ccc(-c2cccc(N(c3ccc4c(c3)oc3ccccc34)c3ccc4c(c3)c3ccccc3n4-c3ccccc3)c2-c2cccc3sc4ccccc4c23)cc1. The van der Waals surface area contributed by atoms with Crippen molar-refractivity contribution < 1.29 is 4.42 Å². The lowest BCUT2D eigenvalue weighted by Gasteiger charge is -2.29. The highest BCUT2D eigenvalue weighted by Gasteiger charge is 2.25. The third-order valence-corrected chi connectivity index (χ3v) is 12.7. The lowest BCUT2D eigenvalue weighted by Crippen LogP contribution is -2.12. The van der Waals surface area contributed by atoms with Crippen LogP contribution in [0.3, 0.4) is 0 Å². The number of hydrogen-bond acceptors (Lipinski definition) is 3. The second-order valence-corrected chi connectivity index (χ2v) is 15.9. The van der Waals surface area contributed by atoms with Gasteiger partial charge in [0.05, 0.1) is 16.7 Å². The summed E-state index contributed by atoms with van der Waals surface area (Å²) in [5.41, 5.74) is 13.1. The molecule has 58 heavy (non-hydrogen) atoms. The summed E-state index contributed by atoms with van der Waals surface area (Å²) in [4.78, 5) is 2.44. The number of anilines is 3. The van der Waals surface area contributed by atoms with Gasteiger partial charge in [0.15, 0.2) is 0 Å². The fourth-order valence-electron chi connectivity index (χ4n) is 9.09. The Morgan fingerprint density at radius 2 is 1.05 bits per heavy atom. The average Bonchev–Trinajstić information content (AvgIpc) is 3.96. The van der Waals surface area contributed by atoms with Crippen LogP contribution in [0.15, 0.2) is 211 Å². The molecule has 0 saturated carbocycles. The summed E-state index contributed by atoms with van der Waals surface area (Å²) in [6, 6.07) is 74.5. The molecule has 4 heteroatoms. The first-order valence-electron chi connectivity index (χ1n) is 19.7. The molecule has 3 aromatic heterocycles. The lowest BCUT2D eigenvalue weighted by molar-refractivity contribution is 0.669. The Morgan fingerprint density at radius 1 is 0.414 bits per heavy atom. The van der Waals surface area contributed by atoms with Crippen molar-refractivity contribution in [1.82, 2.24) is 4.57 Å². The number of hydrogen-bond donors (Lipinski definition) is 0. The minimum atomic E-state index is 0.858. The van der Waals surface area contributed by atoms with Gasteiger partial charge in [-0.15, -0.1) is 11.3 Å². The Labute approximate surface area is 338 Å². The molecule has 272 valence electrons. The molecule has 0 radical (unpaired) electrons. The molecule has 0 unspecified atom stereocenters. The molecule has 0 amide bonds. The van der Waals surface area contributed by atoms with Crippen LogP contribution in [-0.2, 0) is 0 Å². The highest BCUT2D eigenvalue weighted by molar-refractivity contribution is 7.25. The molecule has 0 atom stereocenters. The van der Waals surface area contributed by atoms with Crippen LogP contribution in [-0.4, -0.2) is 4.57 Å². The molecule has 0 aliphatic carbocycles. The van der Waals surface area contributed by atoms with Gasteiger partial charge in [-0.2, -0.15) is 0 Å². The monoisotopic (exact) mass is 758 g/mol. The Morgan fingerprint density at radius 3 is 1.93 bits per heavy atom. The second kappa shape index (κ2) is 13.1. The minimum Gasteiger partial charge on any atom is -0.456 e. The van der Waals surface area contributed by atoms with Gasteiger partial charge in [-0.25, -0.2) is 0 Å². The standard InChI is InChI=1S/C54H34N2OS/c1-3-15-35(16-4-1)39-22-13-25-48(53(39)44-23-14-28-52-54(44)43-21-9-12-27-51(43)58-52)55(38-29-31-42-41-20-8-11-26-49(41)57-50(42)34-38)37-30-32-47-45(33-37)40-19-7-10-24-46(40)56(47)36-17-5-2-6-18-36/h1-34H. The molecule has 0 spiro atoms. The van der Waals surface area contributed by atoms with E-state index in [1.807, 2.05) is 17.4 Å². The van der Waals surface area contributed by atoms with E-state index in [-0.39, 0.29) is 0 Å². The fraction of sp³-hybridized carbons (Fsp3) is 0. The first-order valence-corrected chi connectivity index (χ1v) is 20.5. The third-order valence-electron chi connectivity index (χ3n) is 11.6. The van der Waals surface area contributed by atoms with E-state index in [0.29, 0.717) is 0 Å². The smallest absolute Gasteiger partial charge is 0.137 e. The molecule has 0 aliphatic heterocycles. The van der Waals surface area contributed by atoms with E-state index in [2.05, 4.69) is 210 Å². The maximum atomic E-state index is 6.57. The summed E-state index contributed by atoms with van der Waals surface area (Å²) in [6.07, 6.45) is 0. The van der Waals surface area contributed by atoms with Gasteiger partial charge < -0.3 is 13.9 Å². The van der Waals surface area contributed by atoms with Crippen LogP contribution in [0.5, 0.6) is 0 Å². The van der Waals surface area contributed by atoms with E-state index < -0.39 is 0 Å². The van der Waals surface area contributed by atoms with Crippen molar-refractivity contribution >= 4 is 92.3 Å². The van der Waals surface area contributed by atoms with E-state index in [0.717, 1.165) is 50.2 Å². The van der Waals surface area contributed by atoms with Gasteiger partial charge in [0, 0.05) is 70.4 Å². The zero-order valence-corrected chi connectivity index (χ0v) is 32.2. The predicted molar refractivity (Wildman–Crippen MR) is 247 cm³/mol. The molecule has 3 nitrogen and oxygen atoms in total. The summed E-state index contributed by atoms with van der Waals surface area (Å²) in [5.74, 6) is 0. The molecule has 12 rings (SSSR count). The number of nitrogens with zero attached hydrogens (tertiary/aromatic N) is 2. The summed E-state index contributed by atoms with van der Waals surface area (Å²) >= 11 is 1.86. The van der Waals surface area contributed by atoms with E-state index in [1.54, 1.807) is 0 Å². The van der Waals surface area contributed by atoms with Crippen molar-refractivity contribution in [3.63, 3.8) is 0 Å². The van der Waals surface area contributed by atoms with Crippen LogP contribution in [0, 0.1) is 0 Å². The first-order chi connectivity index (χ1) is 28.8. The van der Waals surface area contributed by atoms with Crippen molar-refractivity contribution in [3.05, 3.63) is 206 Å². The van der Waals surface area contributed by atoms with Crippen LogP contribution < -0.4 is 4.90 Å². The molecule has 9 aromatic carbocycles. The van der Waals surface area contributed by atoms with E-state index >= 15 is 0 Å². The summed E-state index contributed by atoms with van der Waals surface area (Å²) in [5, 5.41) is 7.18. The molecule has 0 bridgehead atoms. The molecule has 0 N–H and O–H groups in total. The number of aromatic nitrogens is 1. The quantitative estimate of drug-likeness (QED) is 0.168. The van der Waals surface area contributed by atoms with Gasteiger partial charge in [-0.3, -0.25) is 0 Å². The highest BCUT2D eigenvalue weighted by atomic mass is 32.1. The van der Waals surface area contributed by atoms with Gasteiger partial charge in [0.25, 0.3) is 0 Å². The van der Waals surface area contributed by atoms with E-state index in [1.165, 1.54) is 58.7 Å². The number of rotatable bonds is 6. The summed E-state index contributed by atoms with van der Waals surface area (Å²) < 4.78 is 11.5. The minimum absolute atomic E-state index is 0.858. The fourth-order valence-corrected chi connectivity index (χ4v) is 10.2. The van der Waals surface area contributed by atoms with Crippen LogP contribution in [0.1, 0.15) is 0 Å². The number of para-hydroxylation sites is 3. The van der Waals surface area contributed by atoms with E-state index in [9.17, 15) is 0 Å². The Hall–Kier alpha value is -7.40. The van der Waals surface area contributed by atoms with Crippen molar-refractivity contribution in [1.29, 1.82) is 0 Å². The summed E-state index contributed by atoms with van der Waals surface area (Å²) in [6.45, 7) is 0. The molecular weight excluding hydrogens is 725 g/mol. The van der Waals surface area contributed by atoms with Crippen LogP contribution in [0.25, 0.3) is 91.9 Å². The number of benzene rings is 9. The van der Waals surface area contributed by atoms with Crippen molar-refractivity contribution in [2.45, 2.75) is 0 Å². The van der Waals surface area contributed by atoms with Crippen LogP contribution >= 0.6 is 11.3 Å². The number of thiophene rings is 1. The summed E-state index contributed by atoms with van der Waals surface area (Å²) in [7, 11) is 0. The van der Waals surface area contributed by atoms with Crippen molar-refractivity contribution in [3.8, 4) is 27.9 Å². The molecule has 0 fully saturated rings. The third kappa shape index (κ3) is 5.05. The topological polar surface area (TPSA) is 21.3 Å². The molecular formula is C54H34N2OS. The zero-order valence-electron chi connectivity index (χ0n) is 31.3. The molecule has 12 aromatic rings. The van der Waals surface area contributed by atoms with Crippen LogP contribution in [0.4, 0.5) is 17.1 Å². The van der Waals surface area contributed by atoms with E-state index in [4.69, 9.17) is 4.42 Å². The first kappa shape index (κ1) is 32.8.